The molecule has 2 heterocycles. The van der Waals surface area contributed by atoms with Crippen LogP contribution in [0.1, 0.15) is 15.9 Å². The first-order valence-corrected chi connectivity index (χ1v) is 6.88. The first-order valence-electron chi connectivity index (χ1n) is 6.88. The van der Waals surface area contributed by atoms with Crippen molar-refractivity contribution in [2.45, 2.75) is 18.2 Å². The Morgan fingerprint density at radius 2 is 1.82 bits per heavy atom. The molecule has 3 aliphatic rings. The van der Waals surface area contributed by atoms with Crippen molar-refractivity contribution in [3.8, 4) is 11.5 Å². The fourth-order valence-corrected chi connectivity index (χ4v) is 3.15. The maximum atomic E-state index is 12.2. The highest BCUT2D eigenvalue weighted by Crippen LogP contribution is 2.42. The Morgan fingerprint density at radius 3 is 2.50 bits per heavy atom. The standard InChI is InChI=1S/C15H13NO6/c17-4-6-1-8-7-2-10-11(22-5-21-10)3-9(7)15(20)16-12(8)14(19)13(6)18/h1-4,6,12-14,18-19H,5H2,(H,16,20)/t6-,12-,13-,14+/m1/s1. The van der Waals surface area contributed by atoms with E-state index in [1.807, 2.05) is 0 Å². The van der Waals surface area contributed by atoms with Gasteiger partial charge in [0.15, 0.2) is 11.5 Å². The largest absolute Gasteiger partial charge is 0.454 e. The molecule has 1 amide bonds. The summed E-state index contributed by atoms with van der Waals surface area (Å²) in [6.45, 7) is 0.0840. The molecule has 4 rings (SSSR count). The Morgan fingerprint density at radius 1 is 1.14 bits per heavy atom. The molecular formula is C15H13NO6. The SMILES string of the molecule is O=C[C@H]1C=C2c3cc4c(cc3C(=O)N[C@H]2[C@H](O)[C@@H]1O)OCO4. The number of aldehydes is 1. The van der Waals surface area contributed by atoms with E-state index in [0.717, 1.165) is 0 Å². The molecule has 114 valence electrons. The van der Waals surface area contributed by atoms with Crippen LogP contribution in [0, 0.1) is 5.92 Å². The number of rotatable bonds is 1. The summed E-state index contributed by atoms with van der Waals surface area (Å²) in [4.78, 5) is 23.4. The van der Waals surface area contributed by atoms with E-state index < -0.39 is 24.2 Å². The zero-order chi connectivity index (χ0) is 15.4. The van der Waals surface area contributed by atoms with E-state index in [4.69, 9.17) is 9.47 Å². The number of carbonyl (C=O) groups is 2. The highest BCUT2D eigenvalue weighted by atomic mass is 16.7. The molecule has 7 heteroatoms. The summed E-state index contributed by atoms with van der Waals surface area (Å²) in [5.74, 6) is -0.201. The Hall–Kier alpha value is -2.38. The number of hydrogen-bond donors (Lipinski definition) is 3. The number of amides is 1. The maximum Gasteiger partial charge on any atom is 0.252 e. The van der Waals surface area contributed by atoms with Gasteiger partial charge < -0.3 is 29.8 Å². The van der Waals surface area contributed by atoms with Gasteiger partial charge in [0, 0.05) is 0 Å². The van der Waals surface area contributed by atoms with Gasteiger partial charge in [0.1, 0.15) is 12.4 Å². The van der Waals surface area contributed by atoms with Gasteiger partial charge in [-0.3, -0.25) is 4.79 Å². The smallest absolute Gasteiger partial charge is 0.252 e. The van der Waals surface area contributed by atoms with Gasteiger partial charge in [0.2, 0.25) is 6.79 Å². The van der Waals surface area contributed by atoms with Gasteiger partial charge in [0.25, 0.3) is 5.91 Å². The molecule has 1 aliphatic carbocycles. The van der Waals surface area contributed by atoms with Crippen LogP contribution in [0.4, 0.5) is 0 Å². The lowest BCUT2D eigenvalue weighted by Crippen LogP contribution is -2.55. The van der Waals surface area contributed by atoms with E-state index >= 15 is 0 Å². The van der Waals surface area contributed by atoms with Gasteiger partial charge in [-0.05, 0) is 23.3 Å². The lowest BCUT2D eigenvalue weighted by molar-refractivity contribution is -0.116. The molecule has 1 aromatic rings. The molecule has 4 atom stereocenters. The topological polar surface area (TPSA) is 105 Å². The summed E-state index contributed by atoms with van der Waals surface area (Å²) in [5.41, 5.74) is 1.57. The predicted octanol–water partition coefficient (Wildman–Crippen LogP) is -0.539. The Kier molecular flexibility index (Phi) is 2.75. The molecular weight excluding hydrogens is 290 g/mol. The molecule has 0 bridgehead atoms. The number of fused-ring (bicyclic) bond motifs is 4. The molecule has 0 unspecified atom stereocenters. The second-order valence-electron chi connectivity index (χ2n) is 5.52. The summed E-state index contributed by atoms with van der Waals surface area (Å²) in [6, 6.07) is 2.49. The molecule has 2 aliphatic heterocycles. The van der Waals surface area contributed by atoms with Gasteiger partial charge in [-0.25, -0.2) is 0 Å². The minimum atomic E-state index is -1.25. The molecule has 7 nitrogen and oxygen atoms in total. The molecule has 0 saturated carbocycles. The molecule has 0 radical (unpaired) electrons. The first kappa shape index (κ1) is 13.3. The van der Waals surface area contributed by atoms with Crippen LogP contribution in [0.2, 0.25) is 0 Å². The van der Waals surface area contributed by atoms with Gasteiger partial charge in [-0.1, -0.05) is 6.08 Å². The second kappa shape index (κ2) is 4.56. The molecule has 1 aromatic carbocycles. The average molecular weight is 303 g/mol. The Balaban J connectivity index is 1.91. The molecule has 0 spiro atoms. The Labute approximate surface area is 125 Å². The summed E-state index contributed by atoms with van der Waals surface area (Å²) in [7, 11) is 0. The lowest BCUT2D eigenvalue weighted by atomic mass is 9.77. The van der Waals surface area contributed by atoms with Crippen molar-refractivity contribution in [1.29, 1.82) is 0 Å². The van der Waals surface area contributed by atoms with E-state index in [9.17, 15) is 19.8 Å². The van der Waals surface area contributed by atoms with Crippen molar-refractivity contribution in [3.63, 3.8) is 0 Å². The number of nitrogens with one attached hydrogen (secondary N) is 1. The van der Waals surface area contributed by atoms with Gasteiger partial charge in [-0.2, -0.15) is 0 Å². The molecule has 0 fully saturated rings. The van der Waals surface area contributed by atoms with E-state index in [1.165, 1.54) is 0 Å². The fourth-order valence-electron chi connectivity index (χ4n) is 3.15. The minimum absolute atomic E-state index is 0.0840. The molecule has 0 aromatic heterocycles. The zero-order valence-electron chi connectivity index (χ0n) is 11.4. The second-order valence-corrected chi connectivity index (χ2v) is 5.52. The third kappa shape index (κ3) is 1.69. The van der Waals surface area contributed by atoms with Crippen molar-refractivity contribution in [2.24, 2.45) is 5.92 Å². The van der Waals surface area contributed by atoms with Gasteiger partial charge in [-0.15, -0.1) is 0 Å². The van der Waals surface area contributed by atoms with Crippen LogP contribution in [-0.2, 0) is 4.79 Å². The summed E-state index contributed by atoms with van der Waals surface area (Å²) < 4.78 is 10.6. The van der Waals surface area contributed by atoms with Crippen molar-refractivity contribution < 1.29 is 29.3 Å². The number of benzene rings is 1. The normalized spacial score (nSPS) is 31.7. The monoisotopic (exact) mass is 303 g/mol. The summed E-state index contributed by atoms with van der Waals surface area (Å²) >= 11 is 0. The third-order valence-corrected chi connectivity index (χ3v) is 4.30. The van der Waals surface area contributed by atoms with Crippen molar-refractivity contribution in [2.75, 3.05) is 6.79 Å². The van der Waals surface area contributed by atoms with Crippen LogP contribution in [0.15, 0.2) is 18.2 Å². The molecule has 0 saturated heterocycles. The van der Waals surface area contributed by atoms with Crippen molar-refractivity contribution in [1.82, 2.24) is 5.32 Å². The summed E-state index contributed by atoms with van der Waals surface area (Å²) in [6.07, 6.45) is -0.338. The van der Waals surface area contributed by atoms with Crippen LogP contribution in [0.25, 0.3) is 5.57 Å². The van der Waals surface area contributed by atoms with Gasteiger partial charge in [0.05, 0.1) is 23.6 Å². The van der Waals surface area contributed by atoms with Crippen LogP contribution in [0.3, 0.4) is 0 Å². The minimum Gasteiger partial charge on any atom is -0.454 e. The fraction of sp³-hybridized carbons (Fsp3) is 0.333. The van der Waals surface area contributed by atoms with Crippen LogP contribution in [-0.4, -0.2) is 47.4 Å². The first-order chi connectivity index (χ1) is 10.6. The van der Waals surface area contributed by atoms with E-state index in [1.54, 1.807) is 18.2 Å². The zero-order valence-corrected chi connectivity index (χ0v) is 11.4. The quantitative estimate of drug-likeness (QED) is 0.602. The number of carbonyl (C=O) groups excluding carboxylic acids is 2. The number of aliphatic hydroxyl groups is 2. The van der Waals surface area contributed by atoms with Crippen LogP contribution >= 0.6 is 0 Å². The van der Waals surface area contributed by atoms with E-state index in [-0.39, 0.29) is 12.7 Å². The number of hydrogen-bond acceptors (Lipinski definition) is 6. The van der Waals surface area contributed by atoms with Crippen molar-refractivity contribution in [3.05, 3.63) is 29.3 Å². The van der Waals surface area contributed by atoms with E-state index in [2.05, 4.69) is 5.32 Å². The molecule has 3 N–H and O–H groups in total. The van der Waals surface area contributed by atoms with Crippen molar-refractivity contribution >= 4 is 17.8 Å². The third-order valence-electron chi connectivity index (χ3n) is 4.30. The van der Waals surface area contributed by atoms with Gasteiger partial charge >= 0.3 is 0 Å². The highest BCUT2D eigenvalue weighted by molar-refractivity contribution is 6.05. The summed E-state index contributed by atoms with van der Waals surface area (Å²) in [5, 5.41) is 22.8. The highest BCUT2D eigenvalue weighted by Gasteiger charge is 2.43. The van der Waals surface area contributed by atoms with Crippen LogP contribution < -0.4 is 14.8 Å². The van der Waals surface area contributed by atoms with Crippen LogP contribution in [0.5, 0.6) is 11.5 Å². The predicted molar refractivity (Wildman–Crippen MR) is 73.4 cm³/mol. The Bertz CT molecular complexity index is 712. The average Bonchev–Trinajstić information content (AvgIpc) is 2.97. The van der Waals surface area contributed by atoms with E-state index in [0.29, 0.717) is 34.5 Å². The lowest BCUT2D eigenvalue weighted by Gasteiger charge is -2.39. The number of aliphatic hydroxyl groups excluding tert-OH is 2. The molecule has 22 heavy (non-hydrogen) atoms. The maximum absolute atomic E-state index is 12.2. The number of ether oxygens (including phenoxy) is 2.